The van der Waals surface area contributed by atoms with Crippen LogP contribution in [0.25, 0.3) is 53.2 Å². The molecule has 0 bridgehead atoms. The van der Waals surface area contributed by atoms with Gasteiger partial charge in [-0.05, 0) is 75.0 Å². The van der Waals surface area contributed by atoms with Gasteiger partial charge < -0.3 is 10.2 Å². The van der Waals surface area contributed by atoms with Gasteiger partial charge in [0.15, 0.2) is 0 Å². The maximum Gasteiger partial charge on any atom is 0.103 e. The van der Waals surface area contributed by atoms with E-state index in [9.17, 15) is 0 Å². The maximum atomic E-state index is 3.91. The Bertz CT molecular complexity index is 2680. The summed E-state index contributed by atoms with van der Waals surface area (Å²) in [6, 6.07) is 66.1. The lowest BCUT2D eigenvalue weighted by atomic mass is 9.98. The first kappa shape index (κ1) is 30.1. The Morgan fingerprint density at radius 3 is 1.86 bits per heavy atom. The molecule has 0 aliphatic carbocycles. The molecule has 1 atom stereocenters. The van der Waals surface area contributed by atoms with Crippen molar-refractivity contribution in [2.45, 2.75) is 10.3 Å². The molecule has 2 nitrogen and oxygen atoms in total. The molecular weight excluding hydrogens is 657 g/mol. The Labute approximate surface area is 305 Å². The van der Waals surface area contributed by atoms with E-state index < -0.39 is 0 Å². The lowest BCUT2D eigenvalue weighted by Gasteiger charge is -2.29. The molecule has 1 unspecified atom stereocenters. The van der Waals surface area contributed by atoms with Crippen LogP contribution < -0.4 is 10.2 Å². The van der Waals surface area contributed by atoms with E-state index >= 15 is 0 Å². The van der Waals surface area contributed by atoms with Gasteiger partial charge in [0, 0.05) is 31.5 Å². The van der Waals surface area contributed by atoms with Crippen LogP contribution >= 0.6 is 23.1 Å². The molecule has 1 N–H and O–H groups in total. The smallest absolute Gasteiger partial charge is 0.103 e. The summed E-state index contributed by atoms with van der Waals surface area (Å²) in [6.07, 6.45) is 0. The minimum atomic E-state index is 0.124. The molecule has 10 rings (SSSR count). The first-order valence-corrected chi connectivity index (χ1v) is 19.0. The van der Waals surface area contributed by atoms with E-state index in [1.165, 1.54) is 75.0 Å². The first-order chi connectivity index (χ1) is 25.3. The Balaban J connectivity index is 1.19. The molecule has 1 aromatic heterocycles. The SMILES string of the molecule is c1ccc(-c2ccc(N(c3ccc(-c4cccc5ccccc45)cc3)c3c4c(cc5sc6ccccc6c35)NC(c3ccccc3)S4)cc2)cc1. The molecule has 4 heteroatoms. The average molecular weight is 689 g/mol. The van der Waals surface area contributed by atoms with Crippen LogP contribution in [0.4, 0.5) is 22.7 Å². The second kappa shape index (κ2) is 12.5. The highest BCUT2D eigenvalue weighted by Gasteiger charge is 2.32. The number of thioether (sulfide) groups is 1. The molecule has 51 heavy (non-hydrogen) atoms. The third-order valence-corrected chi connectivity index (χ3v) is 12.3. The number of hydrogen-bond donors (Lipinski definition) is 1. The molecule has 0 fully saturated rings. The number of anilines is 4. The van der Waals surface area contributed by atoms with Gasteiger partial charge in [0.1, 0.15) is 5.37 Å². The molecule has 0 saturated carbocycles. The molecule has 2 heterocycles. The number of nitrogens with one attached hydrogen (secondary N) is 1. The van der Waals surface area contributed by atoms with E-state index in [2.05, 4.69) is 192 Å². The largest absolute Gasteiger partial charge is 0.368 e. The summed E-state index contributed by atoms with van der Waals surface area (Å²) in [4.78, 5) is 3.76. The number of rotatable bonds is 6. The molecule has 0 amide bonds. The number of thiophene rings is 1. The van der Waals surface area contributed by atoms with Crippen molar-refractivity contribution < 1.29 is 0 Å². The van der Waals surface area contributed by atoms with Crippen LogP contribution in [-0.4, -0.2) is 0 Å². The third-order valence-electron chi connectivity index (χ3n) is 9.90. The van der Waals surface area contributed by atoms with E-state index in [4.69, 9.17) is 0 Å². The van der Waals surface area contributed by atoms with E-state index in [1.54, 1.807) is 0 Å². The van der Waals surface area contributed by atoms with Crippen molar-refractivity contribution in [2.75, 3.05) is 10.2 Å². The van der Waals surface area contributed by atoms with Crippen LogP contribution in [0.2, 0.25) is 0 Å². The van der Waals surface area contributed by atoms with Crippen LogP contribution in [0.15, 0.2) is 187 Å². The van der Waals surface area contributed by atoms with Gasteiger partial charge in [0.25, 0.3) is 0 Å². The van der Waals surface area contributed by atoms with Crippen molar-refractivity contribution in [3.63, 3.8) is 0 Å². The van der Waals surface area contributed by atoms with Crippen LogP contribution in [0.1, 0.15) is 10.9 Å². The van der Waals surface area contributed by atoms with Gasteiger partial charge in [0.2, 0.25) is 0 Å². The van der Waals surface area contributed by atoms with E-state index in [0.717, 1.165) is 11.4 Å². The summed E-state index contributed by atoms with van der Waals surface area (Å²) >= 11 is 3.78. The fraction of sp³-hybridized carbons (Fsp3) is 0.0213. The first-order valence-electron chi connectivity index (χ1n) is 17.3. The number of hydrogen-bond acceptors (Lipinski definition) is 4. The van der Waals surface area contributed by atoms with Gasteiger partial charge in [-0.1, -0.05) is 157 Å². The van der Waals surface area contributed by atoms with Gasteiger partial charge in [-0.25, -0.2) is 0 Å². The fourth-order valence-electron chi connectivity index (χ4n) is 7.46. The monoisotopic (exact) mass is 688 g/mol. The number of benzene rings is 8. The Morgan fingerprint density at radius 1 is 0.490 bits per heavy atom. The molecular formula is C47H32N2S2. The predicted molar refractivity (Wildman–Crippen MR) is 221 cm³/mol. The highest BCUT2D eigenvalue weighted by molar-refractivity contribution is 8.00. The predicted octanol–water partition coefficient (Wildman–Crippen LogP) is 14.2. The Morgan fingerprint density at radius 2 is 1.10 bits per heavy atom. The highest BCUT2D eigenvalue weighted by atomic mass is 32.2. The van der Waals surface area contributed by atoms with E-state index in [-0.39, 0.29) is 5.37 Å². The molecule has 8 aromatic carbocycles. The number of nitrogens with zero attached hydrogens (tertiary/aromatic N) is 1. The van der Waals surface area contributed by atoms with Crippen molar-refractivity contribution in [2.24, 2.45) is 0 Å². The quantitative estimate of drug-likeness (QED) is 0.187. The molecule has 242 valence electrons. The zero-order valence-corrected chi connectivity index (χ0v) is 29.3. The highest BCUT2D eigenvalue weighted by Crippen LogP contribution is 2.58. The minimum Gasteiger partial charge on any atom is -0.368 e. The summed E-state index contributed by atoms with van der Waals surface area (Å²) in [5, 5.41) is 9.13. The maximum absolute atomic E-state index is 3.91. The third kappa shape index (κ3) is 5.27. The van der Waals surface area contributed by atoms with E-state index in [1.807, 2.05) is 23.1 Å². The minimum absolute atomic E-state index is 0.124. The molecule has 1 aliphatic rings. The standard InChI is InChI=1S/C47H32N2S2/c1-3-12-31(13-4-1)32-22-26-36(27-23-32)49(37-28-24-34(25-29-37)39-20-11-17-33-14-7-8-18-38(33)39)45-44-40-19-9-10-21-42(40)50-43(44)30-41-46(45)51-47(48-41)35-15-5-2-6-16-35/h1-30,47-48H. The van der Waals surface area contributed by atoms with Gasteiger partial charge >= 0.3 is 0 Å². The van der Waals surface area contributed by atoms with Gasteiger partial charge in [-0.15, -0.1) is 11.3 Å². The van der Waals surface area contributed by atoms with Gasteiger partial charge in [-0.3, -0.25) is 0 Å². The van der Waals surface area contributed by atoms with Gasteiger partial charge in [0.05, 0.1) is 16.3 Å². The normalized spacial score (nSPS) is 13.8. The van der Waals surface area contributed by atoms with Crippen LogP contribution in [-0.2, 0) is 0 Å². The van der Waals surface area contributed by atoms with Crippen molar-refractivity contribution in [3.05, 3.63) is 188 Å². The van der Waals surface area contributed by atoms with Crippen molar-refractivity contribution in [3.8, 4) is 22.3 Å². The summed E-state index contributed by atoms with van der Waals surface area (Å²) in [5.41, 5.74) is 10.8. The topological polar surface area (TPSA) is 15.3 Å². The van der Waals surface area contributed by atoms with Crippen molar-refractivity contribution in [1.82, 2.24) is 0 Å². The molecule has 0 spiro atoms. The second-order valence-electron chi connectivity index (χ2n) is 12.9. The van der Waals surface area contributed by atoms with Crippen LogP contribution in [0, 0.1) is 0 Å². The molecule has 1 aliphatic heterocycles. The molecule has 9 aromatic rings. The summed E-state index contributed by atoms with van der Waals surface area (Å²) in [5.74, 6) is 0. The van der Waals surface area contributed by atoms with E-state index in [0.29, 0.717) is 0 Å². The van der Waals surface area contributed by atoms with Gasteiger partial charge in [-0.2, -0.15) is 0 Å². The lowest BCUT2D eigenvalue weighted by Crippen LogP contribution is -2.11. The van der Waals surface area contributed by atoms with Crippen LogP contribution in [0.5, 0.6) is 0 Å². The number of fused-ring (bicyclic) bond motifs is 5. The second-order valence-corrected chi connectivity index (χ2v) is 15.1. The average Bonchev–Trinajstić information content (AvgIpc) is 3.80. The zero-order valence-electron chi connectivity index (χ0n) is 27.7. The Kier molecular flexibility index (Phi) is 7.37. The molecule has 0 saturated heterocycles. The summed E-state index contributed by atoms with van der Waals surface area (Å²) in [6.45, 7) is 0. The summed E-state index contributed by atoms with van der Waals surface area (Å²) < 4.78 is 2.58. The van der Waals surface area contributed by atoms with Crippen molar-refractivity contribution >= 4 is 76.8 Å². The lowest BCUT2D eigenvalue weighted by molar-refractivity contribution is 1.13. The molecule has 0 radical (unpaired) electrons. The zero-order chi connectivity index (χ0) is 33.7. The van der Waals surface area contributed by atoms with Crippen molar-refractivity contribution in [1.29, 1.82) is 0 Å². The summed E-state index contributed by atoms with van der Waals surface area (Å²) in [7, 11) is 0. The Hall–Kier alpha value is -5.81. The van der Waals surface area contributed by atoms with Crippen LogP contribution in [0.3, 0.4) is 0 Å². The fourth-order valence-corrected chi connectivity index (χ4v) is 9.88.